The summed E-state index contributed by atoms with van der Waals surface area (Å²) >= 11 is 5.97. The van der Waals surface area contributed by atoms with Gasteiger partial charge in [-0.05, 0) is 61.4 Å². The number of halogens is 1. The molecule has 2 rings (SSSR count). The molecule has 0 amide bonds. The SMILES string of the molecule is CCOC(=O)C(C)(Cc1ccc(Cl)cc1)Cc1ccc(C(C)C)cc1. The molecule has 2 aromatic rings. The topological polar surface area (TPSA) is 26.3 Å². The highest BCUT2D eigenvalue weighted by Gasteiger charge is 2.35. The molecule has 0 radical (unpaired) electrons. The third-order valence-electron chi connectivity index (χ3n) is 4.52. The van der Waals surface area contributed by atoms with Crippen molar-refractivity contribution in [2.75, 3.05) is 6.61 Å². The molecule has 3 heteroatoms. The van der Waals surface area contributed by atoms with Crippen LogP contribution < -0.4 is 0 Å². The Hall–Kier alpha value is -1.80. The van der Waals surface area contributed by atoms with Crippen LogP contribution in [-0.4, -0.2) is 12.6 Å². The van der Waals surface area contributed by atoms with Gasteiger partial charge in [-0.15, -0.1) is 0 Å². The van der Waals surface area contributed by atoms with Crippen molar-refractivity contribution in [2.24, 2.45) is 5.41 Å². The molecule has 2 aromatic carbocycles. The van der Waals surface area contributed by atoms with Crippen molar-refractivity contribution in [1.29, 1.82) is 0 Å². The van der Waals surface area contributed by atoms with Crippen molar-refractivity contribution in [3.05, 3.63) is 70.2 Å². The largest absolute Gasteiger partial charge is 0.466 e. The lowest BCUT2D eigenvalue weighted by Crippen LogP contribution is -2.34. The molecule has 25 heavy (non-hydrogen) atoms. The molecular weight excluding hydrogens is 332 g/mol. The summed E-state index contributed by atoms with van der Waals surface area (Å²) in [5, 5.41) is 0.700. The molecule has 0 spiro atoms. The Kier molecular flexibility index (Phi) is 6.66. The molecule has 0 saturated carbocycles. The van der Waals surface area contributed by atoms with Crippen LogP contribution in [0.3, 0.4) is 0 Å². The van der Waals surface area contributed by atoms with Crippen LogP contribution in [0.4, 0.5) is 0 Å². The fraction of sp³-hybridized carbons (Fsp3) is 0.409. The lowest BCUT2D eigenvalue weighted by molar-refractivity contribution is -0.154. The fourth-order valence-electron chi connectivity index (χ4n) is 3.04. The molecule has 0 aromatic heterocycles. The summed E-state index contributed by atoms with van der Waals surface area (Å²) in [4.78, 5) is 12.7. The highest BCUT2D eigenvalue weighted by molar-refractivity contribution is 6.30. The van der Waals surface area contributed by atoms with Gasteiger partial charge in [0.25, 0.3) is 0 Å². The van der Waals surface area contributed by atoms with Gasteiger partial charge in [0.1, 0.15) is 0 Å². The summed E-state index contributed by atoms with van der Waals surface area (Å²) in [7, 11) is 0. The maximum Gasteiger partial charge on any atom is 0.312 e. The third-order valence-corrected chi connectivity index (χ3v) is 4.77. The van der Waals surface area contributed by atoms with E-state index >= 15 is 0 Å². The minimum atomic E-state index is -0.608. The van der Waals surface area contributed by atoms with E-state index in [2.05, 4.69) is 38.1 Å². The van der Waals surface area contributed by atoms with E-state index in [0.717, 1.165) is 11.1 Å². The van der Waals surface area contributed by atoms with E-state index in [1.807, 2.05) is 38.1 Å². The van der Waals surface area contributed by atoms with Gasteiger partial charge in [0.2, 0.25) is 0 Å². The summed E-state index contributed by atoms with van der Waals surface area (Å²) in [6, 6.07) is 16.2. The van der Waals surface area contributed by atoms with Crippen molar-refractivity contribution in [3.8, 4) is 0 Å². The van der Waals surface area contributed by atoms with Crippen LogP contribution in [0.15, 0.2) is 48.5 Å². The van der Waals surface area contributed by atoms with Crippen LogP contribution in [0.1, 0.15) is 50.3 Å². The molecule has 2 nitrogen and oxygen atoms in total. The number of rotatable bonds is 7. The summed E-state index contributed by atoms with van der Waals surface area (Å²) in [6.45, 7) is 8.58. The van der Waals surface area contributed by atoms with Crippen LogP contribution in [0.2, 0.25) is 5.02 Å². The molecule has 1 unspecified atom stereocenters. The van der Waals surface area contributed by atoms with Gasteiger partial charge in [-0.2, -0.15) is 0 Å². The Morgan fingerprint density at radius 3 is 1.92 bits per heavy atom. The smallest absolute Gasteiger partial charge is 0.312 e. The number of ether oxygens (including phenoxy) is 1. The summed E-state index contributed by atoms with van der Waals surface area (Å²) < 4.78 is 5.37. The summed E-state index contributed by atoms with van der Waals surface area (Å²) in [5.41, 5.74) is 2.93. The van der Waals surface area contributed by atoms with Crippen LogP contribution >= 0.6 is 11.6 Å². The predicted octanol–water partition coefficient (Wildman–Crippen LogP) is 5.82. The van der Waals surface area contributed by atoms with E-state index in [0.29, 0.717) is 30.4 Å². The minimum Gasteiger partial charge on any atom is -0.466 e. The number of carbonyl (C=O) groups excluding carboxylic acids is 1. The lowest BCUT2D eigenvalue weighted by atomic mass is 9.78. The fourth-order valence-corrected chi connectivity index (χ4v) is 3.16. The molecule has 0 aliphatic rings. The van der Waals surface area contributed by atoms with Gasteiger partial charge in [0.05, 0.1) is 12.0 Å². The molecule has 0 N–H and O–H groups in total. The lowest BCUT2D eigenvalue weighted by Gasteiger charge is -2.28. The molecule has 0 aliphatic carbocycles. The molecular formula is C22H27ClO2. The zero-order valence-electron chi connectivity index (χ0n) is 15.5. The Balaban J connectivity index is 2.24. The van der Waals surface area contributed by atoms with E-state index in [1.165, 1.54) is 5.56 Å². The molecule has 0 heterocycles. The molecule has 134 valence electrons. The van der Waals surface area contributed by atoms with Crippen molar-refractivity contribution in [1.82, 2.24) is 0 Å². The first-order chi connectivity index (χ1) is 11.8. The summed E-state index contributed by atoms with van der Waals surface area (Å²) in [5.74, 6) is 0.345. The second-order valence-electron chi connectivity index (χ2n) is 7.16. The van der Waals surface area contributed by atoms with Crippen LogP contribution in [0, 0.1) is 5.41 Å². The van der Waals surface area contributed by atoms with Crippen LogP contribution in [0.25, 0.3) is 0 Å². The monoisotopic (exact) mass is 358 g/mol. The summed E-state index contributed by atoms with van der Waals surface area (Å²) in [6.07, 6.45) is 1.27. The van der Waals surface area contributed by atoms with E-state index in [4.69, 9.17) is 16.3 Å². The first kappa shape index (κ1) is 19.5. The Morgan fingerprint density at radius 2 is 1.48 bits per heavy atom. The van der Waals surface area contributed by atoms with Gasteiger partial charge >= 0.3 is 5.97 Å². The normalized spacial score (nSPS) is 13.5. The predicted molar refractivity (Wildman–Crippen MR) is 104 cm³/mol. The highest BCUT2D eigenvalue weighted by Crippen LogP contribution is 2.30. The molecule has 1 atom stereocenters. The van der Waals surface area contributed by atoms with E-state index < -0.39 is 5.41 Å². The first-order valence-corrected chi connectivity index (χ1v) is 9.22. The van der Waals surface area contributed by atoms with Crippen molar-refractivity contribution in [2.45, 2.75) is 46.5 Å². The van der Waals surface area contributed by atoms with Crippen LogP contribution in [-0.2, 0) is 22.4 Å². The van der Waals surface area contributed by atoms with Gasteiger partial charge in [-0.3, -0.25) is 4.79 Å². The Bertz CT molecular complexity index is 689. The zero-order valence-corrected chi connectivity index (χ0v) is 16.3. The van der Waals surface area contributed by atoms with E-state index in [1.54, 1.807) is 0 Å². The van der Waals surface area contributed by atoms with Crippen molar-refractivity contribution < 1.29 is 9.53 Å². The van der Waals surface area contributed by atoms with Crippen LogP contribution in [0.5, 0.6) is 0 Å². The van der Waals surface area contributed by atoms with Crippen molar-refractivity contribution >= 4 is 17.6 Å². The highest BCUT2D eigenvalue weighted by atomic mass is 35.5. The minimum absolute atomic E-state index is 0.155. The average molecular weight is 359 g/mol. The Morgan fingerprint density at radius 1 is 1.00 bits per heavy atom. The number of carbonyl (C=O) groups is 1. The van der Waals surface area contributed by atoms with E-state index in [9.17, 15) is 4.79 Å². The average Bonchev–Trinajstić information content (AvgIpc) is 2.57. The standard InChI is InChI=1S/C22H27ClO2/c1-5-25-21(24)22(4,15-18-8-12-20(23)13-9-18)14-17-6-10-19(11-7-17)16(2)3/h6-13,16H,5,14-15H2,1-4H3. The third kappa shape index (κ3) is 5.34. The molecule has 0 saturated heterocycles. The Labute approximate surface area is 156 Å². The van der Waals surface area contributed by atoms with Gasteiger partial charge < -0.3 is 4.74 Å². The van der Waals surface area contributed by atoms with Gasteiger partial charge in [0, 0.05) is 5.02 Å². The van der Waals surface area contributed by atoms with E-state index in [-0.39, 0.29) is 5.97 Å². The molecule has 0 aliphatic heterocycles. The number of hydrogen-bond donors (Lipinski definition) is 0. The number of esters is 1. The zero-order chi connectivity index (χ0) is 18.4. The first-order valence-electron chi connectivity index (χ1n) is 8.84. The maximum absolute atomic E-state index is 12.7. The quantitative estimate of drug-likeness (QED) is 0.583. The van der Waals surface area contributed by atoms with Crippen molar-refractivity contribution in [3.63, 3.8) is 0 Å². The van der Waals surface area contributed by atoms with Gasteiger partial charge in [-0.1, -0.05) is 61.8 Å². The number of hydrogen-bond acceptors (Lipinski definition) is 2. The molecule has 0 bridgehead atoms. The maximum atomic E-state index is 12.7. The van der Waals surface area contributed by atoms with Gasteiger partial charge in [-0.25, -0.2) is 0 Å². The second kappa shape index (κ2) is 8.53. The molecule has 0 fully saturated rings. The second-order valence-corrected chi connectivity index (χ2v) is 7.59. The van der Waals surface area contributed by atoms with Gasteiger partial charge in [0.15, 0.2) is 0 Å². The number of benzene rings is 2.